The van der Waals surface area contributed by atoms with Crippen LogP contribution < -0.4 is 11.1 Å². The van der Waals surface area contributed by atoms with Gasteiger partial charge in [-0.25, -0.2) is 0 Å². The Balaban J connectivity index is 1.31. The minimum Gasteiger partial charge on any atom is -0.355 e. The van der Waals surface area contributed by atoms with Gasteiger partial charge in [0.2, 0.25) is 5.91 Å². The highest BCUT2D eigenvalue weighted by Crippen LogP contribution is 2.31. The third-order valence-electron chi connectivity index (χ3n) is 4.97. The van der Waals surface area contributed by atoms with Gasteiger partial charge in [0, 0.05) is 38.3 Å². The molecule has 0 spiro atoms. The van der Waals surface area contributed by atoms with E-state index in [2.05, 4.69) is 15.1 Å². The van der Waals surface area contributed by atoms with Crippen molar-refractivity contribution in [1.29, 1.82) is 0 Å². The summed E-state index contributed by atoms with van der Waals surface area (Å²) >= 11 is 0. The molecule has 114 valence electrons. The Hall–Kier alpha value is -0.650. The molecule has 20 heavy (non-hydrogen) atoms. The fraction of sp³-hybridized carbons (Fsp3) is 0.933. The fourth-order valence-corrected chi connectivity index (χ4v) is 3.43. The predicted molar refractivity (Wildman–Crippen MR) is 79.4 cm³/mol. The van der Waals surface area contributed by atoms with Crippen molar-refractivity contribution in [2.75, 3.05) is 39.3 Å². The van der Waals surface area contributed by atoms with Gasteiger partial charge in [0.15, 0.2) is 0 Å². The molecule has 1 aliphatic carbocycles. The zero-order valence-electron chi connectivity index (χ0n) is 12.4. The molecule has 0 aromatic carbocycles. The van der Waals surface area contributed by atoms with E-state index in [0.29, 0.717) is 18.5 Å². The number of amides is 1. The summed E-state index contributed by atoms with van der Waals surface area (Å²) in [5, 5.41) is 3.12. The molecule has 1 atom stereocenters. The second-order valence-corrected chi connectivity index (χ2v) is 6.80. The summed E-state index contributed by atoms with van der Waals surface area (Å²) in [4.78, 5) is 16.8. The summed E-state index contributed by atoms with van der Waals surface area (Å²) in [6.45, 7) is 5.75. The molecule has 5 nitrogen and oxygen atoms in total. The molecule has 0 aromatic rings. The number of carbonyl (C=O) groups excluding carboxylic acids is 1. The van der Waals surface area contributed by atoms with Gasteiger partial charge in [-0.15, -0.1) is 0 Å². The SMILES string of the molecule is NC1CCN(CC(=O)NCC2CCN(C3CC3)C2)CC1. The number of nitrogens with one attached hydrogen (secondary N) is 1. The van der Waals surface area contributed by atoms with E-state index in [1.54, 1.807) is 0 Å². The lowest BCUT2D eigenvalue weighted by Crippen LogP contribution is -2.45. The molecule has 3 aliphatic rings. The maximum Gasteiger partial charge on any atom is 0.234 e. The molecule has 3 rings (SSSR count). The maximum atomic E-state index is 12.0. The molecule has 0 bridgehead atoms. The number of hydrogen-bond donors (Lipinski definition) is 2. The van der Waals surface area contributed by atoms with Gasteiger partial charge in [0.25, 0.3) is 0 Å². The summed E-state index contributed by atoms with van der Waals surface area (Å²) in [7, 11) is 0. The van der Waals surface area contributed by atoms with Gasteiger partial charge in [-0.1, -0.05) is 0 Å². The molecule has 5 heteroatoms. The summed E-state index contributed by atoms with van der Waals surface area (Å²) in [6.07, 6.45) is 6.06. The average molecular weight is 280 g/mol. The van der Waals surface area contributed by atoms with Crippen LogP contribution in [0.5, 0.6) is 0 Å². The van der Waals surface area contributed by atoms with Crippen LogP contribution in [0.1, 0.15) is 32.1 Å². The van der Waals surface area contributed by atoms with Crippen molar-refractivity contribution < 1.29 is 4.79 Å². The number of nitrogens with two attached hydrogens (primary N) is 1. The van der Waals surface area contributed by atoms with E-state index in [1.165, 1.54) is 32.4 Å². The molecule has 3 N–H and O–H groups in total. The standard InChI is InChI=1S/C15H28N4O/c16-13-4-6-18(7-5-13)11-15(20)17-9-12-3-8-19(10-12)14-1-2-14/h12-14H,1-11,16H2,(H,17,20). The zero-order valence-corrected chi connectivity index (χ0v) is 12.4. The molecule has 0 aromatic heterocycles. The molecule has 2 heterocycles. The number of likely N-dealkylation sites (tertiary alicyclic amines) is 2. The normalized spacial score (nSPS) is 29.8. The van der Waals surface area contributed by atoms with Gasteiger partial charge < -0.3 is 16.0 Å². The Morgan fingerprint density at radius 3 is 2.55 bits per heavy atom. The first-order valence-electron chi connectivity index (χ1n) is 8.19. The third kappa shape index (κ3) is 3.93. The van der Waals surface area contributed by atoms with Gasteiger partial charge in [0.1, 0.15) is 0 Å². The Morgan fingerprint density at radius 2 is 1.85 bits per heavy atom. The van der Waals surface area contributed by atoms with Crippen LogP contribution in [0.4, 0.5) is 0 Å². The van der Waals surface area contributed by atoms with E-state index in [1.807, 2.05) is 0 Å². The van der Waals surface area contributed by atoms with Crippen molar-refractivity contribution in [2.45, 2.75) is 44.2 Å². The third-order valence-corrected chi connectivity index (χ3v) is 4.97. The van der Waals surface area contributed by atoms with Crippen LogP contribution in [0.15, 0.2) is 0 Å². The average Bonchev–Trinajstić information content (AvgIpc) is 3.18. The Labute approximate surface area is 121 Å². The van der Waals surface area contributed by atoms with E-state index < -0.39 is 0 Å². The first kappa shape index (κ1) is 14.3. The summed E-state index contributed by atoms with van der Waals surface area (Å²) < 4.78 is 0. The molecular weight excluding hydrogens is 252 g/mol. The number of hydrogen-bond acceptors (Lipinski definition) is 4. The lowest BCUT2D eigenvalue weighted by molar-refractivity contribution is -0.122. The quantitative estimate of drug-likeness (QED) is 0.745. The van der Waals surface area contributed by atoms with E-state index in [0.717, 1.165) is 38.5 Å². The summed E-state index contributed by atoms with van der Waals surface area (Å²) in [6, 6.07) is 1.20. The maximum absolute atomic E-state index is 12.0. The van der Waals surface area contributed by atoms with E-state index in [-0.39, 0.29) is 5.91 Å². The van der Waals surface area contributed by atoms with Gasteiger partial charge in [-0.2, -0.15) is 0 Å². The first-order valence-corrected chi connectivity index (χ1v) is 8.19. The van der Waals surface area contributed by atoms with Crippen LogP contribution in [0.3, 0.4) is 0 Å². The smallest absolute Gasteiger partial charge is 0.234 e. The van der Waals surface area contributed by atoms with Crippen molar-refractivity contribution in [3.8, 4) is 0 Å². The molecule has 1 amide bonds. The Kier molecular flexibility index (Phi) is 4.58. The van der Waals surface area contributed by atoms with Crippen LogP contribution in [0, 0.1) is 5.92 Å². The molecule has 2 saturated heterocycles. The molecule has 1 saturated carbocycles. The molecule has 0 radical (unpaired) electrons. The van der Waals surface area contributed by atoms with Crippen LogP contribution in [0.2, 0.25) is 0 Å². The zero-order chi connectivity index (χ0) is 13.9. The number of rotatable bonds is 5. The molecule has 1 unspecified atom stereocenters. The first-order chi connectivity index (χ1) is 9.70. The number of nitrogens with zero attached hydrogens (tertiary/aromatic N) is 2. The van der Waals surface area contributed by atoms with Crippen molar-refractivity contribution in [3.63, 3.8) is 0 Å². The lowest BCUT2D eigenvalue weighted by Gasteiger charge is -2.29. The minimum atomic E-state index is 0.186. The predicted octanol–water partition coefficient (Wildman–Crippen LogP) is 0.0100. The van der Waals surface area contributed by atoms with Crippen molar-refractivity contribution in [1.82, 2.24) is 15.1 Å². The monoisotopic (exact) mass is 280 g/mol. The summed E-state index contributed by atoms with van der Waals surface area (Å²) in [5.41, 5.74) is 5.88. The van der Waals surface area contributed by atoms with Crippen LogP contribution in [0.25, 0.3) is 0 Å². The molecule has 3 fully saturated rings. The highest BCUT2D eigenvalue weighted by atomic mass is 16.2. The lowest BCUT2D eigenvalue weighted by atomic mass is 10.1. The van der Waals surface area contributed by atoms with Gasteiger partial charge in [-0.3, -0.25) is 9.69 Å². The van der Waals surface area contributed by atoms with Crippen LogP contribution in [-0.4, -0.2) is 67.1 Å². The molecule has 2 aliphatic heterocycles. The Morgan fingerprint density at radius 1 is 1.10 bits per heavy atom. The van der Waals surface area contributed by atoms with Gasteiger partial charge in [0.05, 0.1) is 6.54 Å². The number of piperidine rings is 1. The largest absolute Gasteiger partial charge is 0.355 e. The van der Waals surface area contributed by atoms with Crippen molar-refractivity contribution >= 4 is 5.91 Å². The van der Waals surface area contributed by atoms with Crippen LogP contribution in [-0.2, 0) is 4.79 Å². The highest BCUT2D eigenvalue weighted by Gasteiger charge is 2.34. The van der Waals surface area contributed by atoms with E-state index in [4.69, 9.17) is 5.73 Å². The van der Waals surface area contributed by atoms with Gasteiger partial charge >= 0.3 is 0 Å². The van der Waals surface area contributed by atoms with E-state index in [9.17, 15) is 4.79 Å². The summed E-state index contributed by atoms with van der Waals surface area (Å²) in [5.74, 6) is 0.847. The minimum absolute atomic E-state index is 0.186. The van der Waals surface area contributed by atoms with Crippen molar-refractivity contribution in [3.05, 3.63) is 0 Å². The van der Waals surface area contributed by atoms with E-state index >= 15 is 0 Å². The second-order valence-electron chi connectivity index (χ2n) is 6.80. The Bertz CT molecular complexity index is 337. The highest BCUT2D eigenvalue weighted by molar-refractivity contribution is 5.78. The molecular formula is C15H28N4O. The fourth-order valence-electron chi connectivity index (χ4n) is 3.43. The second kappa shape index (κ2) is 6.41. The van der Waals surface area contributed by atoms with Gasteiger partial charge in [-0.05, 0) is 44.6 Å². The van der Waals surface area contributed by atoms with Crippen LogP contribution >= 0.6 is 0 Å². The van der Waals surface area contributed by atoms with Crippen molar-refractivity contribution in [2.24, 2.45) is 11.7 Å². The number of carbonyl (C=O) groups is 1. The topological polar surface area (TPSA) is 61.6 Å².